The third-order valence-electron chi connectivity index (χ3n) is 15.1. The molecule has 0 bridgehead atoms. The Morgan fingerprint density at radius 3 is 0.881 bits per heavy atom. The van der Waals surface area contributed by atoms with Gasteiger partial charge in [0.1, 0.15) is 46.3 Å². The predicted octanol–water partition coefficient (Wildman–Crippen LogP) is 28.9. The SMILES string of the molecule is CC(C)(C)c1ccc(F)cc1.CC(C)(C)c1ccc(F)cc1Cl.CC(C)(C)c1ccc(F)cc1F.CC(C)(C)c1ccc(OC(F)(F)F)cc1.COc1cc(Cl)ccc1C(C)(C)C.COc1cc(Cl)ccc1C(C)(C)C.COc1ccc(C(C)(C)C)c(Cl)c1.Cc1cc(Cl)ccc1C(C)(C)C. The van der Waals surface area contributed by atoms with Crippen LogP contribution >= 0.6 is 58.0 Å². The van der Waals surface area contributed by atoms with Crippen LogP contribution in [0.4, 0.5) is 30.7 Å². The van der Waals surface area contributed by atoms with Crippen LogP contribution in [0, 0.1) is 30.2 Å². The number of hydrogen-bond donors (Lipinski definition) is 0. The fourth-order valence-corrected chi connectivity index (χ4v) is 11.0. The maximum absolute atomic E-state index is 13.1. The molecule has 0 radical (unpaired) electrons. The minimum atomic E-state index is -4.62. The predicted molar refractivity (Wildman–Crippen MR) is 417 cm³/mol. The van der Waals surface area contributed by atoms with Crippen molar-refractivity contribution in [3.05, 3.63) is 256 Å². The second-order valence-corrected chi connectivity index (χ2v) is 34.4. The zero-order valence-electron chi connectivity index (χ0n) is 64.7. The minimum absolute atomic E-state index is 0.0230. The first-order valence-corrected chi connectivity index (χ1v) is 35.0. The summed E-state index contributed by atoms with van der Waals surface area (Å²) in [4.78, 5) is 0. The number of hydrogen-bond acceptors (Lipinski definition) is 4. The number of ether oxygens (including phenoxy) is 4. The van der Waals surface area contributed by atoms with Gasteiger partial charge >= 0.3 is 6.36 Å². The van der Waals surface area contributed by atoms with Crippen molar-refractivity contribution in [3.63, 3.8) is 0 Å². The van der Waals surface area contributed by atoms with E-state index in [1.165, 1.54) is 76.3 Å². The maximum Gasteiger partial charge on any atom is 0.573 e. The Bertz CT molecular complexity index is 3600. The van der Waals surface area contributed by atoms with Crippen molar-refractivity contribution in [1.29, 1.82) is 0 Å². The van der Waals surface area contributed by atoms with Crippen molar-refractivity contribution in [2.24, 2.45) is 0 Å². The van der Waals surface area contributed by atoms with Crippen LogP contribution in [0.25, 0.3) is 0 Å². The van der Waals surface area contributed by atoms with Gasteiger partial charge in [0.25, 0.3) is 0 Å². The topological polar surface area (TPSA) is 36.9 Å². The van der Waals surface area contributed by atoms with Crippen molar-refractivity contribution < 1.29 is 49.7 Å². The van der Waals surface area contributed by atoms with E-state index in [0.717, 1.165) is 50.1 Å². The van der Waals surface area contributed by atoms with Crippen molar-refractivity contribution in [1.82, 2.24) is 0 Å². The summed E-state index contributed by atoms with van der Waals surface area (Å²) in [5.74, 6) is 0.891. The van der Waals surface area contributed by atoms with E-state index < -0.39 is 18.0 Å². The van der Waals surface area contributed by atoms with Crippen LogP contribution in [0.15, 0.2) is 158 Å². The van der Waals surface area contributed by atoms with E-state index in [9.17, 15) is 30.7 Å². The number of halogens is 12. The van der Waals surface area contributed by atoms with Gasteiger partial charge in [0.2, 0.25) is 0 Å². The van der Waals surface area contributed by atoms with Crippen molar-refractivity contribution in [2.75, 3.05) is 21.3 Å². The molecule has 0 fully saturated rings. The second-order valence-electron chi connectivity index (χ2n) is 32.3. The molecule has 0 atom stereocenters. The highest BCUT2D eigenvalue weighted by Crippen LogP contribution is 2.37. The standard InChI is InChI=1S/3C11H15ClO.C11H15Cl.C11H13F3O.C10H12ClF.C10H12F2.C10H13F/c1-11(2,3)9-6-5-8(13-4)7-10(9)12;2*1-11(2,3)9-6-5-8(12)7-10(9)13-4;1-8-7-9(12)5-6-10(8)11(2,3)4;1-10(2,3)8-4-6-9(7-5-8)15-11(12,13)14;1-10(2,3)8-5-4-7(12)6-9(8)11;1-10(2,3)8-5-4-7(11)6-9(8)12;1-10(2,3)8-4-6-9(11)7-5-8/h3*5-7H,1-4H3;5-7H,1-4H3;4-7H,1-3H3;2*4-6H,1-3H3;4-7H,1-3H3. The Morgan fingerprint density at radius 1 is 0.277 bits per heavy atom. The Hall–Kier alpha value is -6.08. The summed E-state index contributed by atoms with van der Waals surface area (Å²) in [5, 5.41) is 3.52. The number of aryl methyl sites for hydroxylation is 1. The Morgan fingerprint density at radius 2 is 0.574 bits per heavy atom. The fourth-order valence-electron chi connectivity index (χ4n) is 9.57. The van der Waals surface area contributed by atoms with Crippen LogP contribution in [0.5, 0.6) is 23.0 Å². The van der Waals surface area contributed by atoms with Crippen molar-refractivity contribution >= 4 is 58.0 Å². The van der Waals surface area contributed by atoms with Gasteiger partial charge in [-0.3, -0.25) is 0 Å². The van der Waals surface area contributed by atoms with E-state index in [4.69, 9.17) is 72.2 Å². The third-order valence-corrected chi connectivity index (χ3v) is 16.4. The molecule has 8 aromatic carbocycles. The Kier molecular flexibility index (Phi) is 36.0. The Balaban J connectivity index is 0.000000578. The molecule has 16 heteroatoms. The summed E-state index contributed by atoms with van der Waals surface area (Å²) in [5.41, 5.74) is 10.1. The van der Waals surface area contributed by atoms with Gasteiger partial charge in [-0.05, 0) is 191 Å². The molecule has 0 aromatic heterocycles. The molecular weight excluding hydrogens is 1400 g/mol. The van der Waals surface area contributed by atoms with Crippen LogP contribution in [0.1, 0.15) is 216 Å². The van der Waals surface area contributed by atoms with E-state index >= 15 is 0 Å². The first-order valence-electron chi connectivity index (χ1n) is 33.1. The molecule has 558 valence electrons. The largest absolute Gasteiger partial charge is 0.573 e. The molecule has 0 amide bonds. The summed E-state index contributed by atoms with van der Waals surface area (Å²) in [6, 6.07) is 44.2. The molecule has 8 aromatic rings. The summed E-state index contributed by atoms with van der Waals surface area (Å²) < 4.78 is 106. The van der Waals surface area contributed by atoms with Crippen LogP contribution < -0.4 is 18.9 Å². The molecule has 0 saturated carbocycles. The second kappa shape index (κ2) is 39.2. The first-order chi connectivity index (χ1) is 45.8. The van der Waals surface area contributed by atoms with Gasteiger partial charge in [-0.15, -0.1) is 13.2 Å². The molecule has 0 unspecified atom stereocenters. The van der Waals surface area contributed by atoms with Gasteiger partial charge in [0, 0.05) is 31.2 Å². The summed E-state index contributed by atoms with van der Waals surface area (Å²) in [6.45, 7) is 52.2. The zero-order valence-corrected chi connectivity index (χ0v) is 68.5. The van der Waals surface area contributed by atoms with Gasteiger partial charge in [0.05, 0.1) is 21.3 Å². The first kappa shape index (κ1) is 92.9. The highest BCUT2D eigenvalue weighted by molar-refractivity contribution is 6.32. The van der Waals surface area contributed by atoms with Gasteiger partial charge in [-0.2, -0.15) is 0 Å². The van der Waals surface area contributed by atoms with Crippen LogP contribution in [0.2, 0.25) is 25.1 Å². The molecule has 0 aliphatic heterocycles. The number of rotatable bonds is 4. The highest BCUT2D eigenvalue weighted by atomic mass is 35.5. The molecular formula is C85H110Cl5F7O4. The summed E-state index contributed by atoms with van der Waals surface area (Å²) in [6.07, 6.45) is -4.62. The lowest BCUT2D eigenvalue weighted by molar-refractivity contribution is -0.274. The molecule has 4 nitrogen and oxygen atoms in total. The minimum Gasteiger partial charge on any atom is -0.497 e. The lowest BCUT2D eigenvalue weighted by atomic mass is 9.84. The average molecular weight is 1510 g/mol. The lowest BCUT2D eigenvalue weighted by Crippen LogP contribution is -2.17. The molecule has 0 spiro atoms. The summed E-state index contributed by atoms with van der Waals surface area (Å²) in [7, 11) is 4.98. The van der Waals surface area contributed by atoms with E-state index in [1.807, 2.05) is 141 Å². The van der Waals surface area contributed by atoms with E-state index in [0.29, 0.717) is 20.6 Å². The molecule has 101 heavy (non-hydrogen) atoms. The number of benzene rings is 8. The van der Waals surface area contributed by atoms with Gasteiger partial charge < -0.3 is 18.9 Å². The number of methoxy groups -OCH3 is 3. The van der Waals surface area contributed by atoms with Gasteiger partial charge in [0.15, 0.2) is 0 Å². The molecule has 0 N–H and O–H groups in total. The summed E-state index contributed by atoms with van der Waals surface area (Å²) >= 11 is 29.6. The fraction of sp³-hybridized carbons (Fsp3) is 0.435. The van der Waals surface area contributed by atoms with Crippen LogP contribution in [-0.4, -0.2) is 27.7 Å². The Labute approximate surface area is 627 Å². The molecule has 0 aliphatic carbocycles. The van der Waals surface area contributed by atoms with E-state index in [1.54, 1.807) is 39.5 Å². The smallest absolute Gasteiger partial charge is 0.497 e. The van der Waals surface area contributed by atoms with Gasteiger partial charge in [-0.1, -0.05) is 285 Å². The monoisotopic (exact) mass is 1500 g/mol. The molecule has 0 aliphatic rings. The molecule has 0 saturated heterocycles. The molecule has 0 heterocycles. The van der Waals surface area contributed by atoms with Crippen molar-refractivity contribution in [3.8, 4) is 23.0 Å². The molecule has 8 rings (SSSR count). The van der Waals surface area contributed by atoms with Crippen LogP contribution in [0.3, 0.4) is 0 Å². The average Bonchev–Trinajstić information content (AvgIpc) is 0.791. The normalized spacial score (nSPS) is 11.8. The van der Waals surface area contributed by atoms with Crippen molar-refractivity contribution in [2.45, 2.75) is 223 Å². The van der Waals surface area contributed by atoms with E-state index in [-0.39, 0.29) is 60.7 Å². The highest BCUT2D eigenvalue weighted by Gasteiger charge is 2.31. The zero-order chi connectivity index (χ0) is 78.4. The quantitative estimate of drug-likeness (QED) is 0.165. The van der Waals surface area contributed by atoms with Crippen LogP contribution in [-0.2, 0) is 43.3 Å². The van der Waals surface area contributed by atoms with E-state index in [2.05, 4.69) is 122 Å². The van der Waals surface area contributed by atoms with Gasteiger partial charge in [-0.25, -0.2) is 17.6 Å². The number of alkyl halides is 3. The lowest BCUT2D eigenvalue weighted by Gasteiger charge is -2.21. The maximum atomic E-state index is 13.1. The third kappa shape index (κ3) is 34.8.